The molecule has 164 valence electrons. The third-order valence-corrected chi connectivity index (χ3v) is 4.89. The van der Waals surface area contributed by atoms with Crippen molar-refractivity contribution in [2.75, 3.05) is 5.32 Å². The first-order chi connectivity index (χ1) is 15.4. The molecule has 10 heteroatoms. The monoisotopic (exact) mass is 451 g/mol. The highest BCUT2D eigenvalue weighted by Crippen LogP contribution is 2.23. The van der Waals surface area contributed by atoms with Crippen LogP contribution in [-0.4, -0.2) is 30.6 Å². The van der Waals surface area contributed by atoms with Gasteiger partial charge in [-0.25, -0.2) is 19.6 Å². The number of aromatic nitrogens is 5. The van der Waals surface area contributed by atoms with E-state index in [1.807, 2.05) is 43.7 Å². The summed E-state index contributed by atoms with van der Waals surface area (Å²) in [6, 6.07) is 9.29. The Kier molecular flexibility index (Phi) is 6.18. The van der Waals surface area contributed by atoms with E-state index < -0.39 is 5.91 Å². The van der Waals surface area contributed by atoms with Crippen molar-refractivity contribution in [2.45, 2.75) is 33.4 Å². The van der Waals surface area contributed by atoms with Gasteiger partial charge in [0.05, 0.1) is 6.20 Å². The van der Waals surface area contributed by atoms with Gasteiger partial charge >= 0.3 is 5.91 Å². The number of carbonyl (C=O) groups excluding carboxylic acids is 1. The van der Waals surface area contributed by atoms with Gasteiger partial charge in [0.2, 0.25) is 5.95 Å². The number of nitrogens with one attached hydrogen (secondary N) is 2. The topological polar surface area (TPSA) is 111 Å². The number of halogens is 1. The Balaban J connectivity index is 1.50. The Morgan fingerprint density at radius 1 is 1.25 bits per heavy atom. The van der Waals surface area contributed by atoms with Gasteiger partial charge in [-0.2, -0.15) is 5.10 Å². The average molecular weight is 452 g/mol. The number of hydrogen-bond donors (Lipinski definition) is 2. The van der Waals surface area contributed by atoms with Crippen molar-refractivity contribution >= 4 is 29.3 Å². The Morgan fingerprint density at radius 3 is 2.88 bits per heavy atom. The van der Waals surface area contributed by atoms with Gasteiger partial charge in [0, 0.05) is 29.9 Å². The molecule has 0 unspecified atom stereocenters. The lowest BCUT2D eigenvalue weighted by Gasteiger charge is -2.12. The number of hydrogen-bond acceptors (Lipinski definition) is 7. The van der Waals surface area contributed by atoms with Crippen molar-refractivity contribution in [1.82, 2.24) is 30.0 Å². The minimum Gasteiger partial charge on any atom is -0.440 e. The summed E-state index contributed by atoms with van der Waals surface area (Å²) in [5, 5.41) is 10.8. The standard InChI is InChI=1S/C22H22ClN7O2/c1-13(2)30-18(7-8-26-30)28-22-25-10-14(3)19(29-22)17-12-32-21(27-17)20(31)24-11-15-5-4-6-16(23)9-15/h4-10,12-13H,11H2,1-3H3,(H,24,31)(H,25,28,29). The first-order valence-electron chi connectivity index (χ1n) is 10.0. The molecule has 0 spiro atoms. The van der Waals surface area contributed by atoms with E-state index in [9.17, 15) is 4.79 Å². The summed E-state index contributed by atoms with van der Waals surface area (Å²) in [6.07, 6.45) is 4.81. The molecule has 0 aliphatic carbocycles. The van der Waals surface area contributed by atoms with Crippen LogP contribution in [0.1, 0.15) is 41.7 Å². The van der Waals surface area contributed by atoms with E-state index in [1.54, 1.807) is 24.5 Å². The summed E-state index contributed by atoms with van der Waals surface area (Å²) >= 11 is 5.98. The van der Waals surface area contributed by atoms with Crippen molar-refractivity contribution in [3.05, 3.63) is 71.0 Å². The zero-order valence-electron chi connectivity index (χ0n) is 17.8. The Bertz CT molecular complexity index is 1250. The van der Waals surface area contributed by atoms with Crippen molar-refractivity contribution in [1.29, 1.82) is 0 Å². The van der Waals surface area contributed by atoms with Gasteiger partial charge in [0.15, 0.2) is 0 Å². The molecule has 1 aromatic carbocycles. The molecular formula is C22H22ClN7O2. The van der Waals surface area contributed by atoms with Crippen LogP contribution in [0.4, 0.5) is 11.8 Å². The van der Waals surface area contributed by atoms with Gasteiger partial charge in [-0.1, -0.05) is 23.7 Å². The van der Waals surface area contributed by atoms with Crippen molar-refractivity contribution in [2.24, 2.45) is 0 Å². The summed E-state index contributed by atoms with van der Waals surface area (Å²) < 4.78 is 7.23. The Labute approximate surface area is 189 Å². The predicted octanol–water partition coefficient (Wildman–Crippen LogP) is 4.54. The molecule has 0 fully saturated rings. The van der Waals surface area contributed by atoms with Gasteiger partial charge in [0.1, 0.15) is 23.5 Å². The molecule has 0 saturated heterocycles. The van der Waals surface area contributed by atoms with Crippen molar-refractivity contribution in [3.63, 3.8) is 0 Å². The van der Waals surface area contributed by atoms with Gasteiger partial charge in [-0.05, 0) is 44.0 Å². The van der Waals surface area contributed by atoms with Gasteiger partial charge in [-0.15, -0.1) is 0 Å². The summed E-state index contributed by atoms with van der Waals surface area (Å²) in [6.45, 7) is 6.24. The molecule has 2 N–H and O–H groups in total. The largest absolute Gasteiger partial charge is 0.440 e. The highest BCUT2D eigenvalue weighted by atomic mass is 35.5. The molecule has 0 bridgehead atoms. The van der Waals surface area contributed by atoms with E-state index in [0.717, 1.165) is 16.9 Å². The van der Waals surface area contributed by atoms with Crippen LogP contribution in [0.15, 0.2) is 53.4 Å². The molecular weight excluding hydrogens is 430 g/mol. The summed E-state index contributed by atoms with van der Waals surface area (Å²) in [5.74, 6) is 0.688. The van der Waals surface area contributed by atoms with E-state index in [2.05, 4.69) is 30.7 Å². The van der Waals surface area contributed by atoms with Crippen LogP contribution in [-0.2, 0) is 6.54 Å². The van der Waals surface area contributed by atoms with Gasteiger partial charge in [0.25, 0.3) is 5.89 Å². The number of anilines is 2. The van der Waals surface area contributed by atoms with E-state index in [1.165, 1.54) is 6.26 Å². The minimum atomic E-state index is -0.429. The Morgan fingerprint density at radius 2 is 2.09 bits per heavy atom. The lowest BCUT2D eigenvalue weighted by atomic mass is 10.2. The first kappa shape index (κ1) is 21.5. The molecule has 1 amide bonds. The number of carbonyl (C=O) groups is 1. The van der Waals surface area contributed by atoms with Crippen molar-refractivity contribution in [3.8, 4) is 11.4 Å². The molecule has 4 aromatic rings. The molecule has 32 heavy (non-hydrogen) atoms. The van der Waals surface area contributed by atoms with E-state index in [0.29, 0.717) is 28.9 Å². The fraction of sp³-hybridized carbons (Fsp3) is 0.227. The number of oxazole rings is 1. The smallest absolute Gasteiger partial charge is 0.307 e. The first-order valence-corrected chi connectivity index (χ1v) is 10.4. The molecule has 0 aliphatic heterocycles. The van der Waals surface area contributed by atoms with Crippen LogP contribution in [0.5, 0.6) is 0 Å². The number of rotatable bonds is 7. The zero-order valence-corrected chi connectivity index (χ0v) is 18.6. The van der Waals surface area contributed by atoms with Crippen LogP contribution >= 0.6 is 11.6 Å². The summed E-state index contributed by atoms with van der Waals surface area (Å²) in [4.78, 5) is 25.7. The average Bonchev–Trinajstić information content (AvgIpc) is 3.43. The van der Waals surface area contributed by atoms with Gasteiger partial charge < -0.3 is 15.1 Å². The van der Waals surface area contributed by atoms with E-state index in [4.69, 9.17) is 16.0 Å². The molecule has 0 aliphatic rings. The van der Waals surface area contributed by atoms with Gasteiger partial charge in [-0.3, -0.25) is 4.79 Å². The normalized spacial score (nSPS) is 11.0. The second kappa shape index (κ2) is 9.19. The number of benzene rings is 1. The van der Waals surface area contributed by atoms with Crippen LogP contribution in [0, 0.1) is 6.92 Å². The quantitative estimate of drug-likeness (QED) is 0.424. The van der Waals surface area contributed by atoms with Crippen molar-refractivity contribution < 1.29 is 9.21 Å². The number of amides is 1. The predicted molar refractivity (Wildman–Crippen MR) is 121 cm³/mol. The lowest BCUT2D eigenvalue weighted by Crippen LogP contribution is -2.23. The highest BCUT2D eigenvalue weighted by molar-refractivity contribution is 6.30. The lowest BCUT2D eigenvalue weighted by molar-refractivity contribution is 0.0916. The molecule has 0 radical (unpaired) electrons. The molecule has 9 nitrogen and oxygen atoms in total. The maximum absolute atomic E-state index is 12.5. The molecule has 3 aromatic heterocycles. The summed E-state index contributed by atoms with van der Waals surface area (Å²) in [7, 11) is 0. The summed E-state index contributed by atoms with van der Waals surface area (Å²) in [5.41, 5.74) is 2.68. The molecule has 3 heterocycles. The highest BCUT2D eigenvalue weighted by Gasteiger charge is 2.17. The number of aryl methyl sites for hydroxylation is 1. The van der Waals surface area contributed by atoms with Crippen LogP contribution in [0.3, 0.4) is 0 Å². The fourth-order valence-corrected chi connectivity index (χ4v) is 3.31. The third-order valence-electron chi connectivity index (χ3n) is 4.65. The number of nitrogens with zero attached hydrogens (tertiary/aromatic N) is 5. The van der Waals surface area contributed by atoms with Crippen LogP contribution in [0.2, 0.25) is 5.02 Å². The van der Waals surface area contributed by atoms with E-state index in [-0.39, 0.29) is 11.9 Å². The molecule has 0 atom stereocenters. The molecule has 4 rings (SSSR count). The Hall–Kier alpha value is -3.72. The zero-order chi connectivity index (χ0) is 22.7. The van der Waals surface area contributed by atoms with Crippen LogP contribution in [0.25, 0.3) is 11.4 Å². The molecule has 0 saturated carbocycles. The maximum atomic E-state index is 12.5. The second-order valence-corrected chi connectivity index (χ2v) is 7.89. The SMILES string of the molecule is Cc1cnc(Nc2ccnn2C(C)C)nc1-c1coc(C(=O)NCc2cccc(Cl)c2)n1. The minimum absolute atomic E-state index is 0.0487. The second-order valence-electron chi connectivity index (χ2n) is 7.46. The van der Waals surface area contributed by atoms with Crippen LogP contribution < -0.4 is 10.6 Å². The fourth-order valence-electron chi connectivity index (χ4n) is 3.09. The third kappa shape index (κ3) is 4.78. The maximum Gasteiger partial charge on any atom is 0.307 e. The van der Waals surface area contributed by atoms with E-state index >= 15 is 0 Å².